The second-order valence-electron chi connectivity index (χ2n) is 3.25. The molecule has 0 fully saturated rings. The van der Waals surface area contributed by atoms with Gasteiger partial charge in [-0.3, -0.25) is 4.79 Å². The van der Waals surface area contributed by atoms with E-state index in [0.29, 0.717) is 11.3 Å². The molecule has 0 heterocycles. The summed E-state index contributed by atoms with van der Waals surface area (Å²) in [7, 11) is 1.45. The standard InChI is InChI=1S/C12H12N2O3/c1-3-17-12(16)11(15)14(2)10-6-4-5-9(7-10)8-13/h4-7H,3H2,1-2H3. The van der Waals surface area contributed by atoms with E-state index in [9.17, 15) is 9.59 Å². The fourth-order valence-electron chi connectivity index (χ4n) is 1.23. The number of nitrogens with zero attached hydrogens (tertiary/aromatic N) is 2. The molecule has 0 aromatic heterocycles. The van der Waals surface area contributed by atoms with Crippen LogP contribution in [0.3, 0.4) is 0 Å². The van der Waals surface area contributed by atoms with Gasteiger partial charge < -0.3 is 9.64 Å². The Morgan fingerprint density at radius 2 is 2.18 bits per heavy atom. The Morgan fingerprint density at radius 1 is 1.47 bits per heavy atom. The molecule has 1 rings (SSSR count). The van der Waals surface area contributed by atoms with Crippen molar-refractivity contribution in [2.45, 2.75) is 6.92 Å². The van der Waals surface area contributed by atoms with Gasteiger partial charge in [0.1, 0.15) is 0 Å². The van der Waals surface area contributed by atoms with Gasteiger partial charge in [0.2, 0.25) is 0 Å². The van der Waals surface area contributed by atoms with Crippen LogP contribution in [0.15, 0.2) is 24.3 Å². The molecule has 0 aliphatic carbocycles. The summed E-state index contributed by atoms with van der Waals surface area (Å²) < 4.78 is 4.61. The summed E-state index contributed by atoms with van der Waals surface area (Å²) in [6, 6.07) is 8.38. The average Bonchev–Trinajstić information content (AvgIpc) is 2.37. The third-order valence-electron chi connectivity index (χ3n) is 2.12. The summed E-state index contributed by atoms with van der Waals surface area (Å²) in [6.45, 7) is 1.78. The number of amides is 1. The highest BCUT2D eigenvalue weighted by Gasteiger charge is 2.21. The minimum absolute atomic E-state index is 0.149. The third-order valence-corrected chi connectivity index (χ3v) is 2.12. The molecule has 1 amide bonds. The first-order valence-corrected chi connectivity index (χ1v) is 5.05. The van der Waals surface area contributed by atoms with Gasteiger partial charge in [-0.05, 0) is 25.1 Å². The molecule has 0 atom stereocenters. The maximum atomic E-state index is 11.6. The van der Waals surface area contributed by atoms with Crippen LogP contribution < -0.4 is 4.90 Å². The van der Waals surface area contributed by atoms with E-state index < -0.39 is 11.9 Å². The van der Waals surface area contributed by atoms with Gasteiger partial charge >= 0.3 is 11.9 Å². The van der Waals surface area contributed by atoms with Crippen molar-refractivity contribution in [3.63, 3.8) is 0 Å². The van der Waals surface area contributed by atoms with Crippen molar-refractivity contribution < 1.29 is 14.3 Å². The molecule has 0 unspecified atom stereocenters. The Hall–Kier alpha value is -2.35. The number of likely N-dealkylation sites (N-methyl/N-ethyl adjacent to an activating group) is 1. The molecule has 88 valence electrons. The van der Waals surface area contributed by atoms with Crippen molar-refractivity contribution in [3.8, 4) is 6.07 Å². The minimum Gasteiger partial charge on any atom is -0.459 e. The van der Waals surface area contributed by atoms with Crippen molar-refractivity contribution in [2.75, 3.05) is 18.6 Å². The van der Waals surface area contributed by atoms with Gasteiger partial charge in [-0.1, -0.05) is 6.07 Å². The van der Waals surface area contributed by atoms with Crippen molar-refractivity contribution in [2.24, 2.45) is 0 Å². The molecule has 0 N–H and O–H groups in total. The van der Waals surface area contributed by atoms with Gasteiger partial charge in [0, 0.05) is 12.7 Å². The first-order chi connectivity index (χ1) is 8.10. The molecule has 0 spiro atoms. The summed E-state index contributed by atoms with van der Waals surface area (Å²) in [4.78, 5) is 24.0. The fraction of sp³-hybridized carbons (Fsp3) is 0.250. The Bertz CT molecular complexity index is 477. The number of anilines is 1. The predicted molar refractivity (Wildman–Crippen MR) is 61.2 cm³/mol. The SMILES string of the molecule is CCOC(=O)C(=O)N(C)c1cccc(C#N)c1. The molecule has 0 radical (unpaired) electrons. The van der Waals surface area contributed by atoms with Crippen LogP contribution in [-0.4, -0.2) is 25.5 Å². The van der Waals surface area contributed by atoms with Crippen LogP contribution in [-0.2, 0) is 14.3 Å². The topological polar surface area (TPSA) is 70.4 Å². The second kappa shape index (κ2) is 5.66. The van der Waals surface area contributed by atoms with E-state index in [4.69, 9.17) is 5.26 Å². The molecule has 5 heteroatoms. The summed E-state index contributed by atoms with van der Waals surface area (Å²) in [5.41, 5.74) is 0.896. The molecule has 0 aliphatic rings. The van der Waals surface area contributed by atoms with Crippen molar-refractivity contribution in [1.29, 1.82) is 5.26 Å². The van der Waals surface area contributed by atoms with Crippen LogP contribution in [0, 0.1) is 11.3 Å². The molecular weight excluding hydrogens is 220 g/mol. The molecule has 5 nitrogen and oxygen atoms in total. The van der Waals surface area contributed by atoms with Gasteiger partial charge in [-0.15, -0.1) is 0 Å². The lowest BCUT2D eigenvalue weighted by molar-refractivity contribution is -0.153. The highest BCUT2D eigenvalue weighted by Crippen LogP contribution is 2.14. The first kappa shape index (κ1) is 12.7. The van der Waals surface area contributed by atoms with E-state index in [-0.39, 0.29) is 6.61 Å². The number of nitriles is 1. The monoisotopic (exact) mass is 232 g/mol. The zero-order valence-corrected chi connectivity index (χ0v) is 9.64. The Kier molecular flexibility index (Phi) is 4.23. The third kappa shape index (κ3) is 3.05. The number of benzene rings is 1. The summed E-state index contributed by atoms with van der Waals surface area (Å²) in [6.07, 6.45) is 0. The van der Waals surface area contributed by atoms with Gasteiger partial charge in [-0.2, -0.15) is 5.26 Å². The maximum Gasteiger partial charge on any atom is 0.397 e. The average molecular weight is 232 g/mol. The molecule has 17 heavy (non-hydrogen) atoms. The quantitative estimate of drug-likeness (QED) is 0.565. The van der Waals surface area contributed by atoms with E-state index in [0.717, 1.165) is 4.90 Å². The second-order valence-corrected chi connectivity index (χ2v) is 3.25. The number of esters is 1. The molecule has 1 aromatic carbocycles. The molecule has 0 aliphatic heterocycles. The smallest absolute Gasteiger partial charge is 0.397 e. The Labute approximate surface area is 99.2 Å². The number of rotatable bonds is 2. The van der Waals surface area contributed by atoms with Crippen molar-refractivity contribution >= 4 is 17.6 Å². The Morgan fingerprint density at radius 3 is 2.76 bits per heavy atom. The summed E-state index contributed by atoms with van der Waals surface area (Å²) in [5, 5.41) is 8.73. The number of ether oxygens (including phenoxy) is 1. The minimum atomic E-state index is -0.905. The van der Waals surface area contributed by atoms with Crippen LogP contribution in [0.2, 0.25) is 0 Å². The van der Waals surface area contributed by atoms with Crippen LogP contribution in [0.25, 0.3) is 0 Å². The zero-order valence-electron chi connectivity index (χ0n) is 9.64. The van der Waals surface area contributed by atoms with Crippen LogP contribution >= 0.6 is 0 Å². The number of carbonyl (C=O) groups is 2. The molecular formula is C12H12N2O3. The Balaban J connectivity index is 2.89. The highest BCUT2D eigenvalue weighted by atomic mass is 16.5. The van der Waals surface area contributed by atoms with Crippen LogP contribution in [0.1, 0.15) is 12.5 Å². The molecule has 0 bridgehead atoms. The fourth-order valence-corrected chi connectivity index (χ4v) is 1.23. The largest absolute Gasteiger partial charge is 0.459 e. The van der Waals surface area contributed by atoms with E-state index in [1.54, 1.807) is 25.1 Å². The first-order valence-electron chi connectivity index (χ1n) is 5.05. The predicted octanol–water partition coefficient (Wildman–Crippen LogP) is 1.08. The van der Waals surface area contributed by atoms with Crippen LogP contribution in [0.4, 0.5) is 5.69 Å². The van der Waals surface area contributed by atoms with Gasteiger partial charge in [-0.25, -0.2) is 4.79 Å². The lowest BCUT2D eigenvalue weighted by Gasteiger charge is -2.15. The lowest BCUT2D eigenvalue weighted by Crippen LogP contribution is -2.34. The number of hydrogen-bond acceptors (Lipinski definition) is 4. The number of hydrogen-bond donors (Lipinski definition) is 0. The summed E-state index contributed by atoms with van der Waals surface area (Å²) >= 11 is 0. The van der Waals surface area contributed by atoms with Crippen molar-refractivity contribution in [3.05, 3.63) is 29.8 Å². The van der Waals surface area contributed by atoms with Gasteiger partial charge in [0.05, 0.1) is 18.2 Å². The maximum absolute atomic E-state index is 11.6. The van der Waals surface area contributed by atoms with Gasteiger partial charge in [0.25, 0.3) is 0 Å². The van der Waals surface area contributed by atoms with E-state index in [2.05, 4.69) is 4.74 Å². The zero-order chi connectivity index (χ0) is 12.8. The number of carbonyl (C=O) groups excluding carboxylic acids is 2. The van der Waals surface area contributed by atoms with Crippen molar-refractivity contribution in [1.82, 2.24) is 0 Å². The highest BCUT2D eigenvalue weighted by molar-refractivity contribution is 6.37. The normalized spacial score (nSPS) is 9.24. The molecule has 0 saturated carbocycles. The van der Waals surface area contributed by atoms with Gasteiger partial charge in [0.15, 0.2) is 0 Å². The van der Waals surface area contributed by atoms with E-state index in [1.807, 2.05) is 6.07 Å². The van der Waals surface area contributed by atoms with E-state index >= 15 is 0 Å². The van der Waals surface area contributed by atoms with Crippen LogP contribution in [0.5, 0.6) is 0 Å². The molecule has 0 saturated heterocycles. The lowest BCUT2D eigenvalue weighted by atomic mass is 10.2. The van der Waals surface area contributed by atoms with E-state index in [1.165, 1.54) is 13.1 Å². The summed E-state index contributed by atoms with van der Waals surface area (Å²) in [5.74, 6) is -1.67. The molecule has 1 aromatic rings.